The Morgan fingerprint density at radius 1 is 1.43 bits per heavy atom. The number of aryl methyl sites for hydroxylation is 1. The molecule has 0 radical (unpaired) electrons. The number of rotatable bonds is 7. The number of benzene rings is 1. The molecule has 1 rings (SSSR count). The van der Waals surface area contributed by atoms with Crippen LogP contribution in [0.2, 0.25) is 0 Å². The summed E-state index contributed by atoms with van der Waals surface area (Å²) in [5, 5.41) is 0. The lowest BCUT2D eigenvalue weighted by atomic mass is 10.1. The maximum atomic E-state index is 12.6. The van der Waals surface area contributed by atoms with E-state index in [-0.39, 0.29) is 11.9 Å². The van der Waals surface area contributed by atoms with Crippen molar-refractivity contribution in [3.05, 3.63) is 29.8 Å². The van der Waals surface area contributed by atoms with Crippen molar-refractivity contribution in [2.75, 3.05) is 23.9 Å². The number of carbonyl (C=O) groups is 1. The van der Waals surface area contributed by atoms with Gasteiger partial charge >= 0.3 is 0 Å². The number of hydrogen-bond donors (Lipinski definition) is 0. The summed E-state index contributed by atoms with van der Waals surface area (Å²) in [5.74, 6) is 0.445. The first-order chi connectivity index (χ1) is 9.78. The molecule has 0 fully saturated rings. The Kier molecular flexibility index (Phi) is 7.41. The van der Waals surface area contributed by atoms with Gasteiger partial charge < -0.3 is 9.42 Å². The lowest BCUT2D eigenvalue weighted by Gasteiger charge is -2.29. The third-order valence-corrected chi connectivity index (χ3v) is 7.89. The van der Waals surface area contributed by atoms with Crippen LogP contribution in [0.1, 0.15) is 26.3 Å². The van der Waals surface area contributed by atoms with Crippen molar-refractivity contribution in [2.24, 2.45) is 0 Å². The van der Waals surface area contributed by atoms with Gasteiger partial charge in [0.2, 0.25) is 5.91 Å². The number of para-hydroxylation sites is 1. The van der Waals surface area contributed by atoms with Crippen molar-refractivity contribution in [3.63, 3.8) is 0 Å². The fraction of sp³-hybridized carbons (Fsp3) is 0.533. The number of nitrogens with zero attached hydrogens (tertiary/aromatic N) is 1. The first kappa shape index (κ1) is 18.7. The molecule has 0 aliphatic heterocycles. The average Bonchev–Trinajstić information content (AvgIpc) is 2.39. The van der Waals surface area contributed by atoms with E-state index in [1.807, 2.05) is 63.5 Å². The van der Waals surface area contributed by atoms with Gasteiger partial charge in [0, 0.05) is 18.3 Å². The second kappa shape index (κ2) is 8.33. The molecular formula is C15H24NO2PS2. The van der Waals surface area contributed by atoms with Gasteiger partial charge in [-0.2, -0.15) is 0 Å². The fourth-order valence-electron chi connectivity index (χ4n) is 2.05. The summed E-state index contributed by atoms with van der Waals surface area (Å²) >= 11 is 6.91. The van der Waals surface area contributed by atoms with Crippen molar-refractivity contribution in [1.82, 2.24) is 0 Å². The van der Waals surface area contributed by atoms with Crippen molar-refractivity contribution in [1.29, 1.82) is 0 Å². The first-order valence-electron chi connectivity index (χ1n) is 7.02. The second-order valence-electron chi connectivity index (χ2n) is 5.11. The minimum Gasteiger partial charge on any atom is -0.342 e. The van der Waals surface area contributed by atoms with E-state index in [0.29, 0.717) is 12.4 Å². The molecule has 3 nitrogen and oxygen atoms in total. The van der Waals surface area contributed by atoms with Crippen molar-refractivity contribution in [2.45, 2.75) is 33.7 Å². The first-order valence-corrected chi connectivity index (χ1v) is 11.8. The molecule has 0 N–H and O–H groups in total. The van der Waals surface area contributed by atoms with Crippen LogP contribution in [0.4, 0.5) is 5.69 Å². The van der Waals surface area contributed by atoms with Gasteiger partial charge in [0.15, 0.2) is 0 Å². The monoisotopic (exact) mass is 345 g/mol. The lowest BCUT2D eigenvalue weighted by molar-refractivity contribution is -0.116. The van der Waals surface area contributed by atoms with E-state index in [9.17, 15) is 4.79 Å². The molecule has 0 saturated carbocycles. The van der Waals surface area contributed by atoms with E-state index in [0.717, 1.165) is 11.3 Å². The molecule has 0 aliphatic rings. The molecule has 0 aromatic heterocycles. The largest absolute Gasteiger partial charge is 0.342 e. The summed E-state index contributed by atoms with van der Waals surface area (Å²) < 4.78 is 5.57. The quantitative estimate of drug-likeness (QED) is 0.683. The summed E-state index contributed by atoms with van der Waals surface area (Å²) in [6, 6.07) is 8.07. The summed E-state index contributed by atoms with van der Waals surface area (Å²) in [6.07, 6.45) is 0. The van der Waals surface area contributed by atoms with Crippen LogP contribution in [-0.4, -0.2) is 31.0 Å². The lowest BCUT2D eigenvalue weighted by Crippen LogP contribution is -2.38. The summed E-state index contributed by atoms with van der Waals surface area (Å²) in [4.78, 5) is 14.5. The SMILES string of the molecule is CCOP(C)(=S)SCC(=O)N(c1ccccc1C)C(C)C. The van der Waals surface area contributed by atoms with Crippen LogP contribution in [0.3, 0.4) is 0 Å². The molecule has 1 amide bonds. The molecule has 1 aromatic rings. The van der Waals surface area contributed by atoms with E-state index in [1.165, 1.54) is 11.4 Å². The van der Waals surface area contributed by atoms with Gasteiger partial charge in [0.05, 0.1) is 5.75 Å². The van der Waals surface area contributed by atoms with Crippen LogP contribution < -0.4 is 4.90 Å². The molecular weight excluding hydrogens is 321 g/mol. The minimum atomic E-state index is -1.92. The number of hydrogen-bond acceptors (Lipinski definition) is 4. The van der Waals surface area contributed by atoms with Crippen molar-refractivity contribution in [3.8, 4) is 0 Å². The zero-order chi connectivity index (χ0) is 16.0. The number of anilines is 1. The Hall–Kier alpha value is -0.350. The highest BCUT2D eigenvalue weighted by Crippen LogP contribution is 2.56. The van der Waals surface area contributed by atoms with Crippen LogP contribution >= 0.6 is 16.8 Å². The molecule has 1 atom stereocenters. The van der Waals surface area contributed by atoms with Gasteiger partial charge in [-0.15, -0.1) is 0 Å². The third kappa shape index (κ3) is 5.74. The highest BCUT2D eigenvalue weighted by Gasteiger charge is 2.22. The predicted molar refractivity (Wildman–Crippen MR) is 98.1 cm³/mol. The maximum absolute atomic E-state index is 12.6. The summed E-state index contributed by atoms with van der Waals surface area (Å²) in [6.45, 7) is 10.5. The Morgan fingerprint density at radius 2 is 2.05 bits per heavy atom. The summed E-state index contributed by atoms with van der Waals surface area (Å²) in [7, 11) is 0. The molecule has 1 aromatic carbocycles. The van der Waals surface area contributed by atoms with Gasteiger partial charge in [-0.05, 0) is 46.0 Å². The van der Waals surface area contributed by atoms with Crippen LogP contribution in [0.25, 0.3) is 0 Å². The van der Waals surface area contributed by atoms with Gasteiger partial charge in [0.25, 0.3) is 0 Å². The predicted octanol–water partition coefficient (Wildman–Crippen LogP) is 4.45. The third-order valence-electron chi connectivity index (χ3n) is 2.95. The summed E-state index contributed by atoms with van der Waals surface area (Å²) in [5.41, 5.74) is 0.156. The Bertz CT molecular complexity index is 534. The fourth-order valence-corrected chi connectivity index (χ4v) is 5.44. The topological polar surface area (TPSA) is 29.5 Å². The van der Waals surface area contributed by atoms with E-state index >= 15 is 0 Å². The molecule has 0 heterocycles. The van der Waals surface area contributed by atoms with E-state index in [2.05, 4.69) is 0 Å². The molecule has 6 heteroatoms. The zero-order valence-electron chi connectivity index (χ0n) is 13.3. The normalized spacial score (nSPS) is 14.0. The molecule has 21 heavy (non-hydrogen) atoms. The highest BCUT2D eigenvalue weighted by atomic mass is 32.9. The molecule has 0 spiro atoms. The van der Waals surface area contributed by atoms with Gasteiger partial charge in [-0.1, -0.05) is 41.4 Å². The van der Waals surface area contributed by atoms with E-state index < -0.39 is 5.47 Å². The van der Waals surface area contributed by atoms with Gasteiger partial charge in [-0.3, -0.25) is 4.79 Å². The minimum absolute atomic E-state index is 0.0834. The van der Waals surface area contributed by atoms with Gasteiger partial charge in [-0.25, -0.2) is 0 Å². The number of amides is 1. The molecule has 1 unspecified atom stereocenters. The molecule has 0 aliphatic carbocycles. The smallest absolute Gasteiger partial charge is 0.237 e. The van der Waals surface area contributed by atoms with Crippen molar-refractivity contribution < 1.29 is 9.32 Å². The van der Waals surface area contributed by atoms with Crippen LogP contribution in [-0.2, 0) is 21.1 Å². The molecule has 118 valence electrons. The standard InChI is InChI=1S/C15H24NO2PS2/c1-6-18-19(5,20)21-11-15(17)16(12(2)3)14-10-8-7-9-13(14)4/h7-10,12H,6,11H2,1-5H3. The Labute approximate surface area is 137 Å². The average molecular weight is 345 g/mol. The Balaban J connectivity index is 2.86. The molecule has 0 bridgehead atoms. The highest BCUT2D eigenvalue weighted by molar-refractivity contribution is 8.69. The second-order valence-corrected chi connectivity index (χ2v) is 13.1. The van der Waals surface area contributed by atoms with Gasteiger partial charge in [0.1, 0.15) is 5.47 Å². The van der Waals surface area contributed by atoms with E-state index in [1.54, 1.807) is 0 Å². The molecule has 0 saturated heterocycles. The van der Waals surface area contributed by atoms with E-state index in [4.69, 9.17) is 16.3 Å². The van der Waals surface area contributed by atoms with Crippen LogP contribution in [0, 0.1) is 6.92 Å². The Morgan fingerprint density at radius 3 is 2.57 bits per heavy atom. The van der Waals surface area contributed by atoms with Crippen LogP contribution in [0.15, 0.2) is 24.3 Å². The number of carbonyl (C=O) groups excluding carboxylic acids is 1. The maximum Gasteiger partial charge on any atom is 0.237 e. The zero-order valence-corrected chi connectivity index (χ0v) is 15.9. The van der Waals surface area contributed by atoms with Crippen LogP contribution in [0.5, 0.6) is 0 Å². The van der Waals surface area contributed by atoms with Crippen molar-refractivity contribution >= 4 is 40.2 Å².